The highest BCUT2D eigenvalue weighted by molar-refractivity contribution is 7.92. The molecule has 9 nitrogen and oxygen atoms in total. The number of hydrogen-bond donors (Lipinski definition) is 2. The standard InChI is InChI=1S/C12H16N4O5S/c1-8-9(5-4-6-10(8)16(19)20)14-12(18)13-7-11(17)15-22(2,3)21/h4-6H,7H2,1-3H3,(H2,13,14,18). The number of nitro groups is 1. The minimum Gasteiger partial charge on any atom is -0.329 e. The van der Waals surface area contributed by atoms with Crippen molar-refractivity contribution in [2.24, 2.45) is 4.36 Å². The average Bonchev–Trinajstić information content (AvgIpc) is 2.36. The zero-order chi connectivity index (χ0) is 16.9. The van der Waals surface area contributed by atoms with Crippen LogP contribution in [-0.2, 0) is 14.5 Å². The molecule has 22 heavy (non-hydrogen) atoms. The van der Waals surface area contributed by atoms with Crippen LogP contribution in [0.4, 0.5) is 16.2 Å². The molecule has 0 radical (unpaired) electrons. The van der Waals surface area contributed by atoms with E-state index >= 15 is 0 Å². The van der Waals surface area contributed by atoms with Gasteiger partial charge in [0, 0.05) is 28.3 Å². The summed E-state index contributed by atoms with van der Waals surface area (Å²) in [5.41, 5.74) is 0.426. The molecule has 0 saturated heterocycles. The number of hydrogen-bond acceptors (Lipinski definition) is 5. The van der Waals surface area contributed by atoms with Crippen LogP contribution >= 0.6 is 0 Å². The largest absolute Gasteiger partial charge is 0.329 e. The van der Waals surface area contributed by atoms with Crippen LogP contribution in [0, 0.1) is 17.0 Å². The van der Waals surface area contributed by atoms with Gasteiger partial charge in [0.05, 0.1) is 16.2 Å². The van der Waals surface area contributed by atoms with Gasteiger partial charge in [0.2, 0.25) is 0 Å². The highest BCUT2D eigenvalue weighted by atomic mass is 32.2. The molecule has 0 aliphatic heterocycles. The van der Waals surface area contributed by atoms with Crippen LogP contribution in [0.2, 0.25) is 0 Å². The number of amides is 3. The maximum Gasteiger partial charge on any atom is 0.319 e. The second-order valence-electron chi connectivity index (χ2n) is 4.68. The Hall–Kier alpha value is -2.49. The molecule has 10 heteroatoms. The van der Waals surface area contributed by atoms with Gasteiger partial charge in [-0.05, 0) is 13.0 Å². The molecule has 0 aliphatic carbocycles. The van der Waals surface area contributed by atoms with Gasteiger partial charge in [-0.1, -0.05) is 6.07 Å². The molecule has 120 valence electrons. The molecule has 0 aliphatic rings. The summed E-state index contributed by atoms with van der Waals surface area (Å²) in [5, 5.41) is 15.4. The summed E-state index contributed by atoms with van der Waals surface area (Å²) in [6.07, 6.45) is 2.61. The summed E-state index contributed by atoms with van der Waals surface area (Å²) in [4.78, 5) is 33.3. The third-order valence-corrected chi connectivity index (χ3v) is 3.12. The molecule has 0 bridgehead atoms. The lowest BCUT2D eigenvalue weighted by molar-refractivity contribution is -0.385. The molecule has 0 fully saturated rings. The first kappa shape index (κ1) is 17.6. The molecule has 0 unspecified atom stereocenters. The Morgan fingerprint density at radius 2 is 2.00 bits per heavy atom. The molecule has 2 N–H and O–H groups in total. The molecule has 1 aromatic rings. The van der Waals surface area contributed by atoms with Crippen LogP contribution in [0.15, 0.2) is 22.6 Å². The van der Waals surface area contributed by atoms with Crippen molar-refractivity contribution >= 4 is 33.0 Å². The SMILES string of the molecule is Cc1c(NC(=O)NCC(=O)N=S(C)(C)=O)cccc1[N+](=O)[O-]. The second kappa shape index (κ2) is 6.98. The quantitative estimate of drug-likeness (QED) is 0.635. The normalized spacial score (nSPS) is 10.7. The van der Waals surface area contributed by atoms with E-state index in [9.17, 15) is 23.9 Å². The van der Waals surface area contributed by atoms with Crippen LogP contribution in [0.1, 0.15) is 5.56 Å². The molecular weight excluding hydrogens is 312 g/mol. The topological polar surface area (TPSA) is 131 Å². The van der Waals surface area contributed by atoms with Gasteiger partial charge in [-0.25, -0.2) is 9.00 Å². The Bertz CT molecular complexity index is 729. The first-order valence-corrected chi connectivity index (χ1v) is 8.42. The van der Waals surface area contributed by atoms with Crippen molar-refractivity contribution in [3.63, 3.8) is 0 Å². The number of carbonyl (C=O) groups excluding carboxylic acids is 2. The van der Waals surface area contributed by atoms with Crippen molar-refractivity contribution in [1.29, 1.82) is 0 Å². The Labute approximate surface area is 127 Å². The number of nitro benzene ring substituents is 1. The number of benzene rings is 1. The van der Waals surface area contributed by atoms with Crippen LogP contribution in [0.25, 0.3) is 0 Å². The van der Waals surface area contributed by atoms with E-state index in [0.717, 1.165) is 0 Å². The van der Waals surface area contributed by atoms with Crippen molar-refractivity contribution in [1.82, 2.24) is 5.32 Å². The first-order chi connectivity index (χ1) is 10.1. The molecule has 1 aromatic carbocycles. The molecule has 0 saturated carbocycles. The van der Waals surface area contributed by atoms with E-state index in [1.165, 1.54) is 37.6 Å². The van der Waals surface area contributed by atoms with Crippen LogP contribution < -0.4 is 10.6 Å². The maximum atomic E-state index is 11.7. The lowest BCUT2D eigenvalue weighted by Gasteiger charge is -2.09. The Balaban J connectivity index is 2.71. The lowest BCUT2D eigenvalue weighted by atomic mass is 10.1. The van der Waals surface area contributed by atoms with E-state index < -0.39 is 33.1 Å². The molecule has 3 amide bonds. The molecule has 0 spiro atoms. The number of anilines is 1. The molecule has 0 heterocycles. The molecule has 0 aromatic heterocycles. The monoisotopic (exact) mass is 328 g/mol. The number of rotatable bonds is 4. The molecular formula is C12H16N4O5S. The van der Waals surface area contributed by atoms with E-state index in [0.29, 0.717) is 5.56 Å². The zero-order valence-electron chi connectivity index (χ0n) is 12.3. The minimum absolute atomic E-state index is 0.124. The van der Waals surface area contributed by atoms with Gasteiger partial charge in [-0.2, -0.15) is 4.36 Å². The second-order valence-corrected chi connectivity index (χ2v) is 7.23. The van der Waals surface area contributed by atoms with Gasteiger partial charge >= 0.3 is 6.03 Å². The van der Waals surface area contributed by atoms with Crippen LogP contribution in [0.3, 0.4) is 0 Å². The summed E-state index contributed by atoms with van der Waals surface area (Å²) in [7, 11) is -2.57. The summed E-state index contributed by atoms with van der Waals surface area (Å²) in [5.74, 6) is -0.721. The average molecular weight is 328 g/mol. The summed E-state index contributed by atoms with van der Waals surface area (Å²) in [6, 6.07) is 3.54. The van der Waals surface area contributed by atoms with E-state index in [4.69, 9.17) is 0 Å². The zero-order valence-corrected chi connectivity index (χ0v) is 13.1. The van der Waals surface area contributed by atoms with Gasteiger partial charge in [0.1, 0.15) is 6.54 Å². The fourth-order valence-corrected chi connectivity index (χ4v) is 2.11. The number of carbonyl (C=O) groups is 2. The van der Waals surface area contributed by atoms with Gasteiger partial charge in [0.25, 0.3) is 11.6 Å². The van der Waals surface area contributed by atoms with Gasteiger partial charge in [0.15, 0.2) is 0 Å². The summed E-state index contributed by atoms with van der Waals surface area (Å²) < 4.78 is 14.7. The Kier molecular flexibility index (Phi) is 5.57. The van der Waals surface area contributed by atoms with Crippen molar-refractivity contribution in [2.45, 2.75) is 6.92 Å². The Morgan fingerprint density at radius 3 is 2.55 bits per heavy atom. The number of urea groups is 1. The Morgan fingerprint density at radius 1 is 1.36 bits per heavy atom. The van der Waals surface area contributed by atoms with Crippen molar-refractivity contribution in [3.8, 4) is 0 Å². The summed E-state index contributed by atoms with van der Waals surface area (Å²) in [6.45, 7) is 1.08. The summed E-state index contributed by atoms with van der Waals surface area (Å²) >= 11 is 0. The third kappa shape index (κ3) is 5.48. The van der Waals surface area contributed by atoms with Crippen LogP contribution in [-0.4, -0.2) is 40.1 Å². The van der Waals surface area contributed by atoms with Gasteiger partial charge in [-0.3, -0.25) is 14.9 Å². The van der Waals surface area contributed by atoms with Gasteiger partial charge in [-0.15, -0.1) is 0 Å². The maximum absolute atomic E-state index is 11.7. The van der Waals surface area contributed by atoms with Crippen molar-refractivity contribution in [2.75, 3.05) is 24.4 Å². The van der Waals surface area contributed by atoms with E-state index in [2.05, 4.69) is 15.0 Å². The number of nitrogens with one attached hydrogen (secondary N) is 2. The van der Waals surface area contributed by atoms with Crippen LogP contribution in [0.5, 0.6) is 0 Å². The third-order valence-electron chi connectivity index (χ3n) is 2.47. The lowest BCUT2D eigenvalue weighted by Crippen LogP contribution is -2.33. The highest BCUT2D eigenvalue weighted by Gasteiger charge is 2.15. The first-order valence-electron chi connectivity index (χ1n) is 6.09. The molecule has 1 rings (SSSR count). The van der Waals surface area contributed by atoms with Crippen molar-refractivity contribution in [3.05, 3.63) is 33.9 Å². The van der Waals surface area contributed by atoms with Gasteiger partial charge < -0.3 is 10.6 Å². The predicted octanol–water partition coefficient (Wildman–Crippen LogP) is 1.28. The predicted molar refractivity (Wildman–Crippen MR) is 82.3 cm³/mol. The molecule has 0 atom stereocenters. The van der Waals surface area contributed by atoms with E-state index in [1.54, 1.807) is 0 Å². The fourth-order valence-electron chi connectivity index (χ4n) is 1.56. The van der Waals surface area contributed by atoms with E-state index in [1.807, 2.05) is 0 Å². The van der Waals surface area contributed by atoms with Crippen molar-refractivity contribution < 1.29 is 18.7 Å². The smallest absolute Gasteiger partial charge is 0.319 e. The highest BCUT2D eigenvalue weighted by Crippen LogP contribution is 2.24. The number of nitrogens with zero attached hydrogens (tertiary/aromatic N) is 2. The minimum atomic E-state index is -2.57. The van der Waals surface area contributed by atoms with E-state index in [-0.39, 0.29) is 11.4 Å². The fraction of sp³-hybridized carbons (Fsp3) is 0.333.